The van der Waals surface area contributed by atoms with Gasteiger partial charge in [0.2, 0.25) is 11.8 Å². The van der Waals surface area contributed by atoms with Gasteiger partial charge in [-0.3, -0.25) is 9.59 Å². The summed E-state index contributed by atoms with van der Waals surface area (Å²) in [4.78, 5) is 21.9. The second-order valence-electron chi connectivity index (χ2n) is 5.64. The Bertz CT molecular complexity index is 798. The van der Waals surface area contributed by atoms with Crippen molar-refractivity contribution >= 4 is 24.2 Å². The standard InChI is InChI=1S/C19H20N4O3/c1-13(24)22-20-11-17-9-16(8-15-6-4-3-5-7-15)10-18(19(17)26)12-21-23-14(2)25/h3-7,9-12,26H,8H2,1-2H3,(H,22,24)(H,23,25)/b20-11+,21-12+. The number of aromatic hydroxyl groups is 1. The van der Waals surface area contributed by atoms with Crippen LogP contribution in [0.2, 0.25) is 0 Å². The molecule has 0 unspecified atom stereocenters. The fraction of sp³-hybridized carbons (Fsp3) is 0.158. The van der Waals surface area contributed by atoms with Crippen molar-refractivity contribution in [2.24, 2.45) is 10.2 Å². The van der Waals surface area contributed by atoms with Gasteiger partial charge in [0.05, 0.1) is 12.4 Å². The van der Waals surface area contributed by atoms with Gasteiger partial charge in [-0.25, -0.2) is 10.9 Å². The number of phenolic OH excluding ortho intramolecular Hbond substituents is 1. The first-order valence-electron chi connectivity index (χ1n) is 7.95. The van der Waals surface area contributed by atoms with Gasteiger partial charge in [-0.2, -0.15) is 10.2 Å². The minimum atomic E-state index is -0.311. The number of nitrogens with one attached hydrogen (secondary N) is 2. The largest absolute Gasteiger partial charge is 0.507 e. The van der Waals surface area contributed by atoms with E-state index in [1.807, 2.05) is 30.3 Å². The van der Waals surface area contributed by atoms with E-state index in [0.29, 0.717) is 17.5 Å². The average molecular weight is 352 g/mol. The number of benzene rings is 2. The molecule has 3 N–H and O–H groups in total. The van der Waals surface area contributed by atoms with Crippen molar-refractivity contribution in [2.75, 3.05) is 0 Å². The number of phenols is 1. The van der Waals surface area contributed by atoms with Gasteiger partial charge >= 0.3 is 0 Å². The molecule has 0 heterocycles. The lowest BCUT2D eigenvalue weighted by Gasteiger charge is -2.09. The highest BCUT2D eigenvalue weighted by molar-refractivity contribution is 5.93. The van der Waals surface area contributed by atoms with Gasteiger partial charge in [-0.15, -0.1) is 0 Å². The van der Waals surface area contributed by atoms with Crippen LogP contribution in [-0.4, -0.2) is 29.4 Å². The van der Waals surface area contributed by atoms with Crippen molar-refractivity contribution in [3.05, 3.63) is 64.7 Å². The molecule has 0 aliphatic heterocycles. The Morgan fingerprint density at radius 2 is 1.42 bits per heavy atom. The minimum Gasteiger partial charge on any atom is -0.507 e. The molecule has 0 saturated heterocycles. The number of nitrogens with zero attached hydrogens (tertiary/aromatic N) is 2. The maximum absolute atomic E-state index is 11.0. The molecule has 2 aromatic rings. The molecule has 0 atom stereocenters. The number of rotatable bonds is 6. The van der Waals surface area contributed by atoms with Gasteiger partial charge in [-0.05, 0) is 29.7 Å². The van der Waals surface area contributed by atoms with E-state index in [-0.39, 0.29) is 17.6 Å². The monoisotopic (exact) mass is 352 g/mol. The molecular formula is C19H20N4O3. The normalized spacial score (nSPS) is 11.0. The highest BCUT2D eigenvalue weighted by Crippen LogP contribution is 2.23. The smallest absolute Gasteiger partial charge is 0.236 e. The van der Waals surface area contributed by atoms with Crippen LogP contribution >= 0.6 is 0 Å². The summed E-state index contributed by atoms with van der Waals surface area (Å²) in [6.45, 7) is 2.68. The number of hydrogen-bond acceptors (Lipinski definition) is 5. The van der Waals surface area contributed by atoms with E-state index in [1.165, 1.54) is 26.3 Å². The van der Waals surface area contributed by atoms with Crippen LogP contribution in [0.4, 0.5) is 0 Å². The average Bonchev–Trinajstić information content (AvgIpc) is 2.58. The van der Waals surface area contributed by atoms with Crippen LogP contribution in [0.5, 0.6) is 5.75 Å². The summed E-state index contributed by atoms with van der Waals surface area (Å²) < 4.78 is 0. The van der Waals surface area contributed by atoms with Gasteiger partial charge < -0.3 is 5.11 Å². The Morgan fingerprint density at radius 3 is 1.88 bits per heavy atom. The summed E-state index contributed by atoms with van der Waals surface area (Å²) >= 11 is 0. The van der Waals surface area contributed by atoms with Crippen LogP contribution in [-0.2, 0) is 16.0 Å². The molecule has 7 heteroatoms. The van der Waals surface area contributed by atoms with Gasteiger partial charge in [0.15, 0.2) is 0 Å². The molecule has 2 rings (SSSR count). The summed E-state index contributed by atoms with van der Waals surface area (Å²) in [5, 5.41) is 18.0. The SMILES string of the molecule is CC(=O)N/N=C/c1cc(Cc2ccccc2)cc(/C=N/NC(C)=O)c1O. The van der Waals surface area contributed by atoms with Crippen LogP contribution in [0, 0.1) is 0 Å². The molecule has 134 valence electrons. The maximum atomic E-state index is 11.0. The fourth-order valence-electron chi connectivity index (χ4n) is 2.26. The molecule has 0 bridgehead atoms. The first-order chi connectivity index (χ1) is 12.5. The van der Waals surface area contributed by atoms with E-state index in [9.17, 15) is 14.7 Å². The molecule has 26 heavy (non-hydrogen) atoms. The van der Waals surface area contributed by atoms with Crippen LogP contribution in [0.3, 0.4) is 0 Å². The van der Waals surface area contributed by atoms with E-state index < -0.39 is 0 Å². The van der Waals surface area contributed by atoms with Crippen molar-refractivity contribution in [3.63, 3.8) is 0 Å². The molecule has 7 nitrogen and oxygen atoms in total. The Kier molecular flexibility index (Phi) is 6.61. The maximum Gasteiger partial charge on any atom is 0.236 e. The molecule has 2 aromatic carbocycles. The van der Waals surface area contributed by atoms with Crippen LogP contribution < -0.4 is 10.9 Å². The van der Waals surface area contributed by atoms with E-state index in [0.717, 1.165) is 11.1 Å². The van der Waals surface area contributed by atoms with Crippen molar-refractivity contribution in [3.8, 4) is 5.75 Å². The third kappa shape index (κ3) is 5.86. The lowest BCUT2D eigenvalue weighted by molar-refractivity contribution is -0.119. The highest BCUT2D eigenvalue weighted by Gasteiger charge is 2.09. The summed E-state index contributed by atoms with van der Waals surface area (Å²) in [6.07, 6.45) is 3.37. The second kappa shape index (κ2) is 9.12. The lowest BCUT2D eigenvalue weighted by atomic mass is 9.99. The molecule has 0 fully saturated rings. The molecule has 0 aliphatic rings. The lowest BCUT2D eigenvalue weighted by Crippen LogP contribution is -2.13. The summed E-state index contributed by atoms with van der Waals surface area (Å²) in [6, 6.07) is 13.4. The van der Waals surface area contributed by atoms with Gasteiger partial charge in [-0.1, -0.05) is 30.3 Å². The van der Waals surface area contributed by atoms with Crippen molar-refractivity contribution in [2.45, 2.75) is 20.3 Å². The van der Waals surface area contributed by atoms with E-state index in [4.69, 9.17) is 0 Å². The van der Waals surface area contributed by atoms with Crippen LogP contribution in [0.15, 0.2) is 52.7 Å². The number of hydrazone groups is 2. The second-order valence-corrected chi connectivity index (χ2v) is 5.64. The number of carbonyl (C=O) groups excluding carboxylic acids is 2. The van der Waals surface area contributed by atoms with Gasteiger partial charge in [0.1, 0.15) is 5.75 Å². The highest BCUT2D eigenvalue weighted by atomic mass is 16.3. The Hall–Kier alpha value is -3.48. The Balaban J connectivity index is 2.36. The zero-order valence-electron chi connectivity index (χ0n) is 14.6. The quantitative estimate of drug-likeness (QED) is 0.546. The summed E-state index contributed by atoms with van der Waals surface area (Å²) in [7, 11) is 0. The topological polar surface area (TPSA) is 103 Å². The van der Waals surface area contributed by atoms with Gasteiger partial charge in [0, 0.05) is 25.0 Å². The van der Waals surface area contributed by atoms with Crippen LogP contribution in [0.25, 0.3) is 0 Å². The number of hydrogen-bond donors (Lipinski definition) is 3. The van der Waals surface area contributed by atoms with Crippen molar-refractivity contribution < 1.29 is 14.7 Å². The Morgan fingerprint density at radius 1 is 0.923 bits per heavy atom. The van der Waals surface area contributed by atoms with Crippen molar-refractivity contribution in [1.82, 2.24) is 10.9 Å². The summed E-state index contributed by atoms with van der Waals surface area (Å²) in [5.74, 6) is -0.674. The fourth-order valence-corrected chi connectivity index (χ4v) is 2.26. The molecule has 0 aromatic heterocycles. The number of amides is 2. The zero-order chi connectivity index (χ0) is 18.9. The minimum absolute atomic E-state index is 0.0509. The first kappa shape index (κ1) is 18.9. The van der Waals surface area contributed by atoms with E-state index >= 15 is 0 Å². The predicted octanol–water partition coefficient (Wildman–Crippen LogP) is 1.92. The van der Waals surface area contributed by atoms with Gasteiger partial charge in [0.25, 0.3) is 0 Å². The molecule has 0 radical (unpaired) electrons. The Labute approximate surface area is 151 Å². The molecule has 0 spiro atoms. The third-order valence-corrected chi connectivity index (χ3v) is 3.33. The first-order valence-corrected chi connectivity index (χ1v) is 7.95. The molecule has 0 saturated carbocycles. The predicted molar refractivity (Wildman–Crippen MR) is 100 cm³/mol. The molecular weight excluding hydrogens is 332 g/mol. The van der Waals surface area contributed by atoms with Crippen molar-refractivity contribution in [1.29, 1.82) is 0 Å². The van der Waals surface area contributed by atoms with Crippen LogP contribution in [0.1, 0.15) is 36.1 Å². The number of carbonyl (C=O) groups is 2. The van der Waals surface area contributed by atoms with E-state index in [1.54, 1.807) is 12.1 Å². The summed E-state index contributed by atoms with van der Waals surface area (Å²) in [5.41, 5.74) is 7.47. The zero-order valence-corrected chi connectivity index (χ0v) is 14.6. The third-order valence-electron chi connectivity index (χ3n) is 3.33. The molecule has 0 aliphatic carbocycles. The van der Waals surface area contributed by atoms with E-state index in [2.05, 4.69) is 21.1 Å². The molecule has 2 amide bonds.